The summed E-state index contributed by atoms with van der Waals surface area (Å²) in [7, 11) is 0. The average molecular weight is 449 g/mol. The van der Waals surface area contributed by atoms with E-state index in [1.54, 1.807) is 13.0 Å². The summed E-state index contributed by atoms with van der Waals surface area (Å²) in [6, 6.07) is 3.61. The SMILES string of the molecule is CCOC(=O)Nc1nnc(SCC(=O)Nc2cc(C)nn2-c2nc(C)cc(C)n2)s1. The van der Waals surface area contributed by atoms with E-state index in [2.05, 4.69) is 35.9 Å². The number of rotatable bonds is 7. The van der Waals surface area contributed by atoms with Crippen molar-refractivity contribution in [3.63, 3.8) is 0 Å². The summed E-state index contributed by atoms with van der Waals surface area (Å²) in [6.45, 7) is 7.53. The molecule has 0 bridgehead atoms. The number of carbonyl (C=O) groups excluding carboxylic acids is 2. The van der Waals surface area contributed by atoms with Gasteiger partial charge in [-0.1, -0.05) is 23.1 Å². The van der Waals surface area contributed by atoms with Crippen molar-refractivity contribution in [2.75, 3.05) is 23.0 Å². The molecule has 3 rings (SSSR count). The number of carbonyl (C=O) groups is 2. The van der Waals surface area contributed by atoms with Crippen LogP contribution in [0.25, 0.3) is 5.95 Å². The molecule has 0 aliphatic carbocycles. The topological polar surface area (TPSA) is 137 Å². The zero-order valence-corrected chi connectivity index (χ0v) is 18.4. The van der Waals surface area contributed by atoms with Crippen molar-refractivity contribution in [1.29, 1.82) is 0 Å². The van der Waals surface area contributed by atoms with E-state index in [0.717, 1.165) is 28.4 Å². The molecule has 11 nitrogen and oxygen atoms in total. The smallest absolute Gasteiger partial charge is 0.413 e. The molecule has 0 aliphatic rings. The molecule has 0 atom stereocenters. The first-order valence-corrected chi connectivity index (χ1v) is 10.7. The normalized spacial score (nSPS) is 10.7. The highest BCUT2D eigenvalue weighted by molar-refractivity contribution is 8.01. The molecule has 0 saturated heterocycles. The summed E-state index contributed by atoms with van der Waals surface area (Å²) in [5.41, 5.74) is 2.34. The van der Waals surface area contributed by atoms with Gasteiger partial charge < -0.3 is 10.1 Å². The van der Waals surface area contributed by atoms with Crippen molar-refractivity contribution in [3.8, 4) is 5.95 Å². The fraction of sp³-hybridized carbons (Fsp3) is 0.353. The van der Waals surface area contributed by atoms with E-state index in [1.807, 2.05) is 26.8 Å². The minimum atomic E-state index is -0.597. The van der Waals surface area contributed by atoms with E-state index in [1.165, 1.54) is 16.4 Å². The van der Waals surface area contributed by atoms with Crippen LogP contribution in [0.5, 0.6) is 0 Å². The zero-order chi connectivity index (χ0) is 21.7. The standard InChI is InChI=1S/C17H20N8O3S2/c1-5-28-16(27)21-15-22-23-17(30-15)29-8-13(26)20-12-7-11(4)24-25(12)14-18-9(2)6-10(3)19-14/h6-7H,5,8H2,1-4H3,(H,20,26)(H,21,22,27). The summed E-state index contributed by atoms with van der Waals surface area (Å²) < 4.78 is 6.83. The lowest BCUT2D eigenvalue weighted by molar-refractivity contribution is -0.113. The average Bonchev–Trinajstić information content (AvgIpc) is 3.25. The van der Waals surface area contributed by atoms with E-state index >= 15 is 0 Å². The minimum absolute atomic E-state index is 0.103. The number of amides is 2. The molecule has 3 heterocycles. The first-order chi connectivity index (χ1) is 14.3. The van der Waals surface area contributed by atoms with Gasteiger partial charge in [-0.3, -0.25) is 10.1 Å². The Labute approximate surface area is 180 Å². The number of anilines is 2. The Bertz CT molecular complexity index is 1040. The van der Waals surface area contributed by atoms with Crippen LogP contribution in [0.15, 0.2) is 16.5 Å². The number of nitrogens with zero attached hydrogens (tertiary/aromatic N) is 6. The molecule has 0 saturated carbocycles. The highest BCUT2D eigenvalue weighted by Gasteiger charge is 2.15. The molecule has 3 aromatic rings. The molecule has 0 aromatic carbocycles. The second-order valence-electron chi connectivity index (χ2n) is 6.09. The maximum atomic E-state index is 12.4. The number of ether oxygens (including phenoxy) is 1. The summed E-state index contributed by atoms with van der Waals surface area (Å²) in [4.78, 5) is 32.6. The minimum Gasteiger partial charge on any atom is -0.450 e. The molecular weight excluding hydrogens is 428 g/mol. The summed E-state index contributed by atoms with van der Waals surface area (Å²) in [5, 5.41) is 17.8. The van der Waals surface area contributed by atoms with Crippen LogP contribution in [0.1, 0.15) is 24.0 Å². The van der Waals surface area contributed by atoms with Gasteiger partial charge in [-0.05, 0) is 33.8 Å². The Morgan fingerprint density at radius 3 is 2.53 bits per heavy atom. The molecule has 0 radical (unpaired) electrons. The Morgan fingerprint density at radius 1 is 1.10 bits per heavy atom. The summed E-state index contributed by atoms with van der Waals surface area (Å²) >= 11 is 2.36. The van der Waals surface area contributed by atoms with Crippen molar-refractivity contribution in [1.82, 2.24) is 29.9 Å². The highest BCUT2D eigenvalue weighted by atomic mass is 32.2. The van der Waals surface area contributed by atoms with Crippen molar-refractivity contribution < 1.29 is 14.3 Å². The van der Waals surface area contributed by atoms with Crippen LogP contribution in [0.2, 0.25) is 0 Å². The lowest BCUT2D eigenvalue weighted by Gasteiger charge is -2.08. The number of hydrogen-bond donors (Lipinski definition) is 2. The molecule has 13 heteroatoms. The van der Waals surface area contributed by atoms with Gasteiger partial charge in [-0.15, -0.1) is 10.2 Å². The van der Waals surface area contributed by atoms with Crippen LogP contribution >= 0.6 is 23.1 Å². The Kier molecular flexibility index (Phi) is 6.95. The van der Waals surface area contributed by atoms with E-state index < -0.39 is 6.09 Å². The Hall–Kier alpha value is -3.06. The monoisotopic (exact) mass is 448 g/mol. The molecule has 3 aromatic heterocycles. The maximum absolute atomic E-state index is 12.4. The van der Waals surface area contributed by atoms with E-state index in [4.69, 9.17) is 4.74 Å². The van der Waals surface area contributed by atoms with Crippen LogP contribution in [0.3, 0.4) is 0 Å². The van der Waals surface area contributed by atoms with Gasteiger partial charge in [0.1, 0.15) is 5.82 Å². The highest BCUT2D eigenvalue weighted by Crippen LogP contribution is 2.26. The van der Waals surface area contributed by atoms with Gasteiger partial charge >= 0.3 is 6.09 Å². The van der Waals surface area contributed by atoms with Crippen molar-refractivity contribution in [2.45, 2.75) is 32.0 Å². The van der Waals surface area contributed by atoms with Crippen LogP contribution in [-0.4, -0.2) is 54.3 Å². The first kappa shape index (κ1) is 21.6. The van der Waals surface area contributed by atoms with Gasteiger partial charge in [0.2, 0.25) is 11.0 Å². The Balaban J connectivity index is 1.62. The third-order valence-electron chi connectivity index (χ3n) is 3.48. The largest absolute Gasteiger partial charge is 0.450 e. The van der Waals surface area contributed by atoms with Crippen LogP contribution in [0.4, 0.5) is 15.7 Å². The summed E-state index contributed by atoms with van der Waals surface area (Å²) in [6.07, 6.45) is -0.597. The van der Waals surface area contributed by atoms with Crippen molar-refractivity contribution in [2.24, 2.45) is 0 Å². The fourth-order valence-corrected chi connectivity index (χ4v) is 3.96. The lowest BCUT2D eigenvalue weighted by Crippen LogP contribution is -2.18. The number of thioether (sulfide) groups is 1. The van der Waals surface area contributed by atoms with E-state index in [0.29, 0.717) is 21.2 Å². The second kappa shape index (κ2) is 9.63. The van der Waals surface area contributed by atoms with Gasteiger partial charge in [0.25, 0.3) is 5.95 Å². The molecule has 0 unspecified atom stereocenters. The maximum Gasteiger partial charge on any atom is 0.413 e. The third-order valence-corrected chi connectivity index (χ3v) is 5.45. The van der Waals surface area contributed by atoms with Gasteiger partial charge in [0.05, 0.1) is 18.1 Å². The van der Waals surface area contributed by atoms with E-state index in [-0.39, 0.29) is 18.3 Å². The molecule has 30 heavy (non-hydrogen) atoms. The molecule has 0 aliphatic heterocycles. The predicted molar refractivity (Wildman–Crippen MR) is 113 cm³/mol. The number of aromatic nitrogens is 6. The van der Waals surface area contributed by atoms with Crippen LogP contribution < -0.4 is 10.6 Å². The van der Waals surface area contributed by atoms with Gasteiger partial charge in [-0.25, -0.2) is 14.8 Å². The van der Waals surface area contributed by atoms with Gasteiger partial charge in [-0.2, -0.15) is 9.78 Å². The number of hydrogen-bond acceptors (Lipinski definition) is 10. The second-order valence-corrected chi connectivity index (χ2v) is 8.29. The van der Waals surface area contributed by atoms with E-state index in [9.17, 15) is 9.59 Å². The molecule has 158 valence electrons. The molecule has 0 spiro atoms. The van der Waals surface area contributed by atoms with Gasteiger partial charge in [0, 0.05) is 17.5 Å². The molecule has 2 N–H and O–H groups in total. The number of aryl methyl sites for hydroxylation is 3. The van der Waals surface area contributed by atoms with Crippen LogP contribution in [0, 0.1) is 20.8 Å². The molecular formula is C17H20N8O3S2. The van der Waals surface area contributed by atoms with Crippen molar-refractivity contribution in [3.05, 3.63) is 29.2 Å². The van der Waals surface area contributed by atoms with Gasteiger partial charge in [0.15, 0.2) is 4.34 Å². The zero-order valence-electron chi connectivity index (χ0n) is 16.8. The lowest BCUT2D eigenvalue weighted by atomic mass is 10.4. The predicted octanol–water partition coefficient (Wildman–Crippen LogP) is 2.74. The Morgan fingerprint density at radius 2 is 1.83 bits per heavy atom. The third kappa shape index (κ3) is 5.73. The van der Waals surface area contributed by atoms with Crippen molar-refractivity contribution >= 4 is 46.0 Å². The van der Waals surface area contributed by atoms with Crippen LogP contribution in [-0.2, 0) is 9.53 Å². The summed E-state index contributed by atoms with van der Waals surface area (Å²) in [5.74, 6) is 0.722. The fourth-order valence-electron chi connectivity index (χ4n) is 2.42. The first-order valence-electron chi connectivity index (χ1n) is 8.93. The molecule has 0 fully saturated rings. The molecule has 2 amide bonds. The quantitative estimate of drug-likeness (QED) is 0.413. The number of nitrogens with one attached hydrogen (secondary N) is 2.